The summed E-state index contributed by atoms with van der Waals surface area (Å²) in [6, 6.07) is 0. The summed E-state index contributed by atoms with van der Waals surface area (Å²) in [7, 11) is 0. The van der Waals surface area contributed by atoms with Gasteiger partial charge in [0, 0.05) is 13.1 Å². The predicted molar refractivity (Wildman–Crippen MR) is 84.1 cm³/mol. The number of hydrogen-bond donors (Lipinski definition) is 0. The van der Waals surface area contributed by atoms with Gasteiger partial charge in [-0.25, -0.2) is 9.67 Å². The first-order valence-electron chi connectivity index (χ1n) is 7.30. The minimum atomic E-state index is 0.186. The highest BCUT2D eigenvalue weighted by atomic mass is 35.5. The number of nitrogens with zero attached hydrogens (tertiary/aromatic N) is 4. The Bertz CT molecular complexity index is 607. The Balaban J connectivity index is 2.60. The number of imidazole rings is 1. The van der Waals surface area contributed by atoms with Crippen molar-refractivity contribution in [3.8, 4) is 0 Å². The van der Waals surface area contributed by atoms with E-state index in [4.69, 9.17) is 16.6 Å². The van der Waals surface area contributed by atoms with Crippen molar-refractivity contribution in [1.29, 1.82) is 0 Å². The molecule has 0 N–H and O–H groups in total. The zero-order valence-corrected chi connectivity index (χ0v) is 14.1. The number of rotatable bonds is 5. The topological polar surface area (TPSA) is 35.6 Å². The first-order valence-corrected chi connectivity index (χ1v) is 7.83. The lowest BCUT2D eigenvalue weighted by Crippen LogP contribution is -2.27. The summed E-state index contributed by atoms with van der Waals surface area (Å²) in [5.41, 5.74) is 3.26. The molecule has 0 spiro atoms. The molecule has 20 heavy (non-hydrogen) atoms. The van der Waals surface area contributed by atoms with Gasteiger partial charge in [0.15, 0.2) is 5.65 Å². The molecular formula is C15H25ClN4. The van der Waals surface area contributed by atoms with Crippen molar-refractivity contribution in [2.75, 3.05) is 0 Å². The van der Waals surface area contributed by atoms with Crippen molar-refractivity contribution in [3.05, 3.63) is 11.5 Å². The highest BCUT2D eigenvalue weighted by Gasteiger charge is 2.27. The number of halogens is 1. The Morgan fingerprint density at radius 2 is 1.95 bits per heavy atom. The highest BCUT2D eigenvalue weighted by Crippen LogP contribution is 2.31. The molecule has 4 nitrogen and oxygen atoms in total. The summed E-state index contributed by atoms with van der Waals surface area (Å²) in [5, 5.41) is 4.57. The molecule has 0 aliphatic carbocycles. The summed E-state index contributed by atoms with van der Waals surface area (Å²) in [4.78, 5) is 4.69. The average molecular weight is 297 g/mol. The van der Waals surface area contributed by atoms with Crippen LogP contribution in [0.3, 0.4) is 0 Å². The first kappa shape index (κ1) is 15.4. The van der Waals surface area contributed by atoms with Gasteiger partial charge >= 0.3 is 0 Å². The van der Waals surface area contributed by atoms with E-state index in [-0.39, 0.29) is 5.41 Å². The van der Waals surface area contributed by atoms with Crippen molar-refractivity contribution in [2.24, 2.45) is 11.3 Å². The third kappa shape index (κ3) is 2.46. The van der Waals surface area contributed by atoms with Crippen LogP contribution in [-0.2, 0) is 19.0 Å². The molecular weight excluding hydrogens is 272 g/mol. The molecule has 2 aromatic rings. The Morgan fingerprint density at radius 3 is 2.45 bits per heavy atom. The van der Waals surface area contributed by atoms with Gasteiger partial charge in [-0.3, -0.25) is 0 Å². The molecule has 0 aliphatic heterocycles. The molecule has 0 saturated heterocycles. The van der Waals surface area contributed by atoms with Crippen LogP contribution in [0.4, 0.5) is 0 Å². The Hall–Kier alpha value is -1.03. The molecule has 0 atom stereocenters. The summed E-state index contributed by atoms with van der Waals surface area (Å²) in [6.45, 7) is 15.0. The van der Waals surface area contributed by atoms with Crippen molar-refractivity contribution in [2.45, 2.75) is 60.5 Å². The van der Waals surface area contributed by atoms with Crippen LogP contribution in [0.1, 0.15) is 46.1 Å². The molecule has 5 heteroatoms. The van der Waals surface area contributed by atoms with E-state index >= 15 is 0 Å². The largest absolute Gasteiger partial charge is 0.311 e. The number of aromatic nitrogens is 4. The molecule has 2 rings (SSSR count). The third-order valence-electron chi connectivity index (χ3n) is 4.43. The van der Waals surface area contributed by atoms with Crippen LogP contribution in [0.2, 0.25) is 0 Å². The SMILES string of the molecule is CCn1nc(C)c2nc(CCl)n(CC(C)(C)C(C)C)c21. The van der Waals surface area contributed by atoms with E-state index in [1.165, 1.54) is 0 Å². The van der Waals surface area contributed by atoms with Crippen molar-refractivity contribution in [1.82, 2.24) is 19.3 Å². The standard InChI is InChI=1S/C15H25ClN4/c1-7-20-14-13(11(4)18-20)17-12(8-16)19(14)9-15(5,6)10(2)3/h10H,7-9H2,1-6H3. The van der Waals surface area contributed by atoms with Crippen LogP contribution >= 0.6 is 11.6 Å². The highest BCUT2D eigenvalue weighted by molar-refractivity contribution is 6.16. The Kier molecular flexibility index (Phi) is 4.14. The molecule has 0 unspecified atom stereocenters. The second kappa shape index (κ2) is 5.40. The quantitative estimate of drug-likeness (QED) is 0.782. The minimum absolute atomic E-state index is 0.186. The number of aryl methyl sites for hydroxylation is 2. The zero-order valence-electron chi connectivity index (χ0n) is 13.4. The number of fused-ring (bicyclic) bond motifs is 1. The van der Waals surface area contributed by atoms with Gasteiger partial charge in [-0.1, -0.05) is 27.7 Å². The van der Waals surface area contributed by atoms with Crippen LogP contribution in [0.25, 0.3) is 11.2 Å². The smallest absolute Gasteiger partial charge is 0.158 e. The molecule has 0 bridgehead atoms. The van der Waals surface area contributed by atoms with Gasteiger partial charge in [0.1, 0.15) is 11.3 Å². The zero-order chi connectivity index (χ0) is 15.1. The van der Waals surface area contributed by atoms with Crippen LogP contribution < -0.4 is 0 Å². The van der Waals surface area contributed by atoms with Crippen molar-refractivity contribution >= 4 is 22.8 Å². The molecule has 0 fully saturated rings. The normalized spacial score (nSPS) is 12.8. The molecule has 112 valence electrons. The van der Waals surface area contributed by atoms with E-state index in [0.29, 0.717) is 11.8 Å². The lowest BCUT2D eigenvalue weighted by molar-refractivity contribution is 0.210. The van der Waals surface area contributed by atoms with Gasteiger partial charge < -0.3 is 4.57 Å². The third-order valence-corrected chi connectivity index (χ3v) is 4.66. The van der Waals surface area contributed by atoms with E-state index in [9.17, 15) is 0 Å². The van der Waals surface area contributed by atoms with Crippen LogP contribution in [0, 0.1) is 18.3 Å². The second-order valence-electron chi connectivity index (χ2n) is 6.46. The monoisotopic (exact) mass is 296 g/mol. The van der Waals surface area contributed by atoms with Gasteiger partial charge in [-0.2, -0.15) is 5.10 Å². The summed E-state index contributed by atoms with van der Waals surface area (Å²) >= 11 is 6.10. The van der Waals surface area contributed by atoms with E-state index < -0.39 is 0 Å². The number of alkyl halides is 1. The van der Waals surface area contributed by atoms with E-state index in [1.54, 1.807) is 0 Å². The van der Waals surface area contributed by atoms with Gasteiger partial charge in [-0.15, -0.1) is 11.6 Å². The van der Waals surface area contributed by atoms with Crippen LogP contribution in [0.15, 0.2) is 0 Å². The lowest BCUT2D eigenvalue weighted by Gasteiger charge is -2.30. The van der Waals surface area contributed by atoms with Gasteiger partial charge in [0.05, 0.1) is 11.6 Å². The minimum Gasteiger partial charge on any atom is -0.311 e. The van der Waals surface area contributed by atoms with Gasteiger partial charge in [0.25, 0.3) is 0 Å². The Labute approximate surface area is 126 Å². The summed E-state index contributed by atoms with van der Waals surface area (Å²) < 4.78 is 4.29. The van der Waals surface area contributed by atoms with Gasteiger partial charge in [-0.05, 0) is 25.2 Å². The van der Waals surface area contributed by atoms with Gasteiger partial charge in [0.2, 0.25) is 0 Å². The van der Waals surface area contributed by atoms with Crippen LogP contribution in [0.5, 0.6) is 0 Å². The second-order valence-corrected chi connectivity index (χ2v) is 6.73. The molecule has 2 aromatic heterocycles. The fraction of sp³-hybridized carbons (Fsp3) is 0.733. The van der Waals surface area contributed by atoms with E-state index in [0.717, 1.165) is 35.8 Å². The first-order chi connectivity index (χ1) is 9.31. The maximum Gasteiger partial charge on any atom is 0.158 e. The Morgan fingerprint density at radius 1 is 1.30 bits per heavy atom. The molecule has 0 aromatic carbocycles. The fourth-order valence-corrected chi connectivity index (χ4v) is 2.55. The molecule has 0 amide bonds. The fourth-order valence-electron chi connectivity index (χ4n) is 2.35. The predicted octanol–water partition coefficient (Wildman–Crippen LogP) is 3.98. The maximum absolute atomic E-state index is 6.10. The molecule has 0 aliphatic rings. The lowest BCUT2D eigenvalue weighted by atomic mass is 9.81. The summed E-state index contributed by atoms with van der Waals surface area (Å²) in [6.07, 6.45) is 0. The van der Waals surface area contributed by atoms with Crippen molar-refractivity contribution < 1.29 is 0 Å². The van der Waals surface area contributed by atoms with Crippen molar-refractivity contribution in [3.63, 3.8) is 0 Å². The van der Waals surface area contributed by atoms with E-state index in [1.807, 2.05) is 11.6 Å². The van der Waals surface area contributed by atoms with E-state index in [2.05, 4.69) is 44.3 Å². The van der Waals surface area contributed by atoms with Crippen LogP contribution in [-0.4, -0.2) is 19.3 Å². The average Bonchev–Trinajstić information content (AvgIpc) is 2.88. The summed E-state index contributed by atoms with van der Waals surface area (Å²) in [5.74, 6) is 1.96. The molecule has 2 heterocycles. The molecule has 0 radical (unpaired) electrons. The number of hydrogen-bond acceptors (Lipinski definition) is 2. The molecule has 0 saturated carbocycles. The maximum atomic E-state index is 6.10.